The first-order valence-corrected chi connectivity index (χ1v) is 4.71. The Kier molecular flexibility index (Phi) is 5.65. The first kappa shape index (κ1) is 10.6. The van der Waals surface area contributed by atoms with Gasteiger partial charge in [-0.15, -0.1) is 11.6 Å². The van der Waals surface area contributed by atoms with Crippen LogP contribution in [0.25, 0.3) is 0 Å². The molecule has 4 heteroatoms. The summed E-state index contributed by atoms with van der Waals surface area (Å²) in [6, 6.07) is 3.71. The van der Waals surface area contributed by atoms with Crippen LogP contribution in [-0.4, -0.2) is 25.7 Å². The van der Waals surface area contributed by atoms with Crippen molar-refractivity contribution < 1.29 is 13.9 Å². The lowest BCUT2D eigenvalue weighted by molar-refractivity contribution is 0.0396. The van der Waals surface area contributed by atoms with E-state index in [4.69, 9.17) is 25.5 Å². The quantitative estimate of drug-likeness (QED) is 0.503. The van der Waals surface area contributed by atoms with Gasteiger partial charge in [0.25, 0.3) is 0 Å². The molecule has 74 valence electrons. The molecule has 0 radical (unpaired) electrons. The van der Waals surface area contributed by atoms with Gasteiger partial charge in [-0.1, -0.05) is 0 Å². The summed E-state index contributed by atoms with van der Waals surface area (Å²) in [5.41, 5.74) is 0. The third kappa shape index (κ3) is 4.93. The molecule has 0 saturated heterocycles. The van der Waals surface area contributed by atoms with E-state index < -0.39 is 0 Å². The molecule has 1 aromatic heterocycles. The highest BCUT2D eigenvalue weighted by molar-refractivity contribution is 6.17. The molecule has 0 N–H and O–H groups in total. The Morgan fingerprint density at radius 2 is 2.08 bits per heavy atom. The molecule has 1 heterocycles. The van der Waals surface area contributed by atoms with Crippen molar-refractivity contribution in [1.29, 1.82) is 0 Å². The van der Waals surface area contributed by atoms with E-state index in [1.165, 1.54) is 0 Å². The third-order valence-corrected chi connectivity index (χ3v) is 1.57. The number of rotatable bonds is 7. The van der Waals surface area contributed by atoms with Gasteiger partial charge in [0.1, 0.15) is 12.4 Å². The summed E-state index contributed by atoms with van der Waals surface area (Å²) in [7, 11) is 0. The molecular weight excluding hydrogens is 192 g/mol. The first-order valence-electron chi connectivity index (χ1n) is 4.17. The number of halogens is 1. The Balaban J connectivity index is 1.90. The Labute approximate surface area is 82.6 Å². The second-order valence-corrected chi connectivity index (χ2v) is 2.81. The second-order valence-electron chi connectivity index (χ2n) is 2.43. The molecule has 0 unspecified atom stereocenters. The molecule has 0 atom stereocenters. The number of furan rings is 1. The minimum atomic E-state index is 0.497. The topological polar surface area (TPSA) is 31.6 Å². The molecule has 0 aliphatic carbocycles. The van der Waals surface area contributed by atoms with Crippen molar-refractivity contribution in [2.45, 2.75) is 6.61 Å². The fourth-order valence-corrected chi connectivity index (χ4v) is 0.951. The van der Waals surface area contributed by atoms with Gasteiger partial charge in [-0.05, 0) is 12.1 Å². The van der Waals surface area contributed by atoms with Crippen LogP contribution in [0.2, 0.25) is 0 Å². The molecule has 0 aliphatic rings. The van der Waals surface area contributed by atoms with Crippen LogP contribution in [0.1, 0.15) is 5.76 Å². The molecule has 13 heavy (non-hydrogen) atoms. The Morgan fingerprint density at radius 1 is 1.23 bits per heavy atom. The molecule has 0 spiro atoms. The van der Waals surface area contributed by atoms with E-state index in [0.29, 0.717) is 32.3 Å². The highest BCUT2D eigenvalue weighted by Gasteiger charge is 1.94. The van der Waals surface area contributed by atoms with Gasteiger partial charge >= 0.3 is 0 Å². The van der Waals surface area contributed by atoms with Crippen LogP contribution in [0.3, 0.4) is 0 Å². The van der Waals surface area contributed by atoms with Gasteiger partial charge in [-0.2, -0.15) is 0 Å². The number of hydrogen-bond donors (Lipinski definition) is 0. The van der Waals surface area contributed by atoms with Gasteiger partial charge in [0.2, 0.25) is 0 Å². The first-order chi connectivity index (χ1) is 6.43. The molecule has 0 aliphatic heterocycles. The molecule has 1 rings (SSSR count). The van der Waals surface area contributed by atoms with Crippen molar-refractivity contribution >= 4 is 11.6 Å². The van der Waals surface area contributed by atoms with Gasteiger partial charge in [0.15, 0.2) is 0 Å². The molecule has 0 amide bonds. The summed E-state index contributed by atoms with van der Waals surface area (Å²) in [6.07, 6.45) is 1.63. The fraction of sp³-hybridized carbons (Fsp3) is 0.556. The zero-order chi connectivity index (χ0) is 9.36. The SMILES string of the molecule is ClCCOCCOCc1ccco1. The van der Waals surface area contributed by atoms with Gasteiger partial charge in [0, 0.05) is 5.88 Å². The zero-order valence-corrected chi connectivity index (χ0v) is 8.13. The second kappa shape index (κ2) is 6.95. The fourth-order valence-electron chi connectivity index (χ4n) is 0.842. The standard InChI is InChI=1S/C9H13ClO3/c10-3-5-11-6-7-12-8-9-2-1-4-13-9/h1-2,4H,3,5-8H2. The monoisotopic (exact) mass is 204 g/mol. The predicted molar refractivity (Wildman–Crippen MR) is 49.9 cm³/mol. The third-order valence-electron chi connectivity index (χ3n) is 1.42. The van der Waals surface area contributed by atoms with Gasteiger partial charge in [-0.3, -0.25) is 0 Å². The van der Waals surface area contributed by atoms with Gasteiger partial charge < -0.3 is 13.9 Å². The van der Waals surface area contributed by atoms with Gasteiger partial charge in [-0.25, -0.2) is 0 Å². The minimum Gasteiger partial charge on any atom is -0.467 e. The maximum absolute atomic E-state index is 5.41. The molecule has 0 saturated carbocycles. The molecule has 0 fully saturated rings. The summed E-state index contributed by atoms with van der Waals surface area (Å²) < 4.78 is 15.5. The summed E-state index contributed by atoms with van der Waals surface area (Å²) in [6.45, 7) is 2.22. The van der Waals surface area contributed by atoms with Crippen molar-refractivity contribution in [1.82, 2.24) is 0 Å². The Bertz CT molecular complexity index is 199. The summed E-state index contributed by atoms with van der Waals surface area (Å²) in [5.74, 6) is 1.36. The van der Waals surface area contributed by atoms with Crippen LogP contribution >= 0.6 is 11.6 Å². The normalized spacial score (nSPS) is 10.5. The minimum absolute atomic E-state index is 0.497. The Morgan fingerprint density at radius 3 is 2.77 bits per heavy atom. The van der Waals surface area contributed by atoms with Crippen molar-refractivity contribution in [3.63, 3.8) is 0 Å². The number of alkyl halides is 1. The molecular formula is C9H13ClO3. The predicted octanol–water partition coefficient (Wildman–Crippen LogP) is 2.05. The number of hydrogen-bond acceptors (Lipinski definition) is 3. The Hall–Kier alpha value is -0.510. The summed E-state index contributed by atoms with van der Waals surface area (Å²) in [5, 5.41) is 0. The molecule has 0 aromatic carbocycles. The van der Waals surface area contributed by atoms with Crippen molar-refractivity contribution in [2.24, 2.45) is 0 Å². The highest BCUT2D eigenvalue weighted by Crippen LogP contribution is 2.01. The van der Waals surface area contributed by atoms with Crippen molar-refractivity contribution in [3.05, 3.63) is 24.2 Å². The lowest BCUT2D eigenvalue weighted by atomic mass is 10.5. The van der Waals surface area contributed by atoms with Crippen LogP contribution in [0.4, 0.5) is 0 Å². The molecule has 0 bridgehead atoms. The van der Waals surface area contributed by atoms with E-state index in [9.17, 15) is 0 Å². The summed E-state index contributed by atoms with van der Waals surface area (Å²) in [4.78, 5) is 0. The van der Waals surface area contributed by atoms with Crippen molar-refractivity contribution in [3.8, 4) is 0 Å². The van der Waals surface area contributed by atoms with Crippen LogP contribution in [0.15, 0.2) is 22.8 Å². The van der Waals surface area contributed by atoms with E-state index in [2.05, 4.69) is 0 Å². The highest BCUT2D eigenvalue weighted by atomic mass is 35.5. The van der Waals surface area contributed by atoms with E-state index >= 15 is 0 Å². The number of ether oxygens (including phenoxy) is 2. The van der Waals surface area contributed by atoms with Crippen LogP contribution < -0.4 is 0 Å². The van der Waals surface area contributed by atoms with Crippen LogP contribution in [-0.2, 0) is 16.1 Å². The van der Waals surface area contributed by atoms with Crippen LogP contribution in [0.5, 0.6) is 0 Å². The lowest BCUT2D eigenvalue weighted by Gasteiger charge is -2.02. The maximum Gasteiger partial charge on any atom is 0.129 e. The van der Waals surface area contributed by atoms with Crippen molar-refractivity contribution in [2.75, 3.05) is 25.7 Å². The molecule has 1 aromatic rings. The largest absolute Gasteiger partial charge is 0.467 e. The van der Waals surface area contributed by atoms with Gasteiger partial charge in [0.05, 0.1) is 26.1 Å². The van der Waals surface area contributed by atoms with Crippen LogP contribution in [0, 0.1) is 0 Å². The summed E-state index contributed by atoms with van der Waals surface area (Å²) >= 11 is 5.41. The molecule has 3 nitrogen and oxygen atoms in total. The average Bonchev–Trinajstić information content (AvgIpc) is 2.63. The van der Waals surface area contributed by atoms with E-state index in [1.54, 1.807) is 6.26 Å². The zero-order valence-electron chi connectivity index (χ0n) is 7.37. The van der Waals surface area contributed by atoms with E-state index in [0.717, 1.165) is 5.76 Å². The smallest absolute Gasteiger partial charge is 0.129 e. The lowest BCUT2D eigenvalue weighted by Crippen LogP contribution is -2.05. The average molecular weight is 205 g/mol. The maximum atomic E-state index is 5.41. The van der Waals surface area contributed by atoms with E-state index in [-0.39, 0.29) is 0 Å². The van der Waals surface area contributed by atoms with E-state index in [1.807, 2.05) is 12.1 Å².